The molecule has 0 saturated carbocycles. The van der Waals surface area contributed by atoms with Crippen molar-refractivity contribution < 1.29 is 13.9 Å². The predicted molar refractivity (Wildman–Crippen MR) is 132 cm³/mol. The highest BCUT2D eigenvalue weighted by Crippen LogP contribution is 2.36. The number of hydrogen-bond acceptors (Lipinski definition) is 4. The summed E-state index contributed by atoms with van der Waals surface area (Å²) in [5, 5.41) is 3.82. The number of amides is 1. The van der Waals surface area contributed by atoms with Crippen LogP contribution in [0, 0.1) is 0 Å². The summed E-state index contributed by atoms with van der Waals surface area (Å²) in [5.74, 6) is -0.371. The summed E-state index contributed by atoms with van der Waals surface area (Å²) in [6.45, 7) is 3.62. The Hall–Kier alpha value is -3.28. The lowest BCUT2D eigenvalue weighted by atomic mass is 10.1. The van der Waals surface area contributed by atoms with E-state index in [0.717, 1.165) is 12.0 Å². The molecule has 5 nitrogen and oxygen atoms in total. The third-order valence-corrected chi connectivity index (χ3v) is 5.79. The molecule has 4 rings (SSSR count). The third kappa shape index (κ3) is 4.90. The maximum Gasteiger partial charge on any atom is 0.265 e. The molecule has 0 fully saturated rings. The number of anilines is 1. The molecule has 1 N–H and O–H groups in total. The highest BCUT2D eigenvalue weighted by atomic mass is 35.5. The van der Waals surface area contributed by atoms with Crippen molar-refractivity contribution in [3.8, 4) is 17.1 Å². The van der Waals surface area contributed by atoms with Gasteiger partial charge in [-0.1, -0.05) is 54.4 Å². The van der Waals surface area contributed by atoms with E-state index in [9.17, 15) is 9.59 Å². The van der Waals surface area contributed by atoms with E-state index in [4.69, 9.17) is 32.4 Å². The fraction of sp³-hybridized carbons (Fsp3) is 0.154. The summed E-state index contributed by atoms with van der Waals surface area (Å²) in [7, 11) is 0. The van der Waals surface area contributed by atoms with Gasteiger partial charge in [-0.05, 0) is 61.4 Å². The largest absolute Gasteiger partial charge is 0.473 e. The Bertz CT molecular complexity index is 1380. The number of halogens is 2. The van der Waals surface area contributed by atoms with Gasteiger partial charge in [-0.2, -0.15) is 0 Å². The van der Waals surface area contributed by atoms with Crippen molar-refractivity contribution in [1.29, 1.82) is 0 Å². The van der Waals surface area contributed by atoms with Crippen LogP contribution >= 0.6 is 23.2 Å². The molecule has 1 amide bonds. The van der Waals surface area contributed by atoms with Gasteiger partial charge in [0.15, 0.2) is 11.9 Å². The molecule has 3 aromatic carbocycles. The molecule has 1 atom stereocenters. The molecule has 1 heterocycles. The Kier molecular flexibility index (Phi) is 6.72. The highest BCUT2D eigenvalue weighted by Gasteiger charge is 2.24. The minimum Gasteiger partial charge on any atom is -0.473 e. The first-order valence-electron chi connectivity index (χ1n) is 10.4. The van der Waals surface area contributed by atoms with Crippen molar-refractivity contribution >= 4 is 45.8 Å². The van der Waals surface area contributed by atoms with Crippen molar-refractivity contribution in [2.75, 3.05) is 5.32 Å². The summed E-state index contributed by atoms with van der Waals surface area (Å²) in [5.41, 5.74) is 2.16. The molecule has 0 aliphatic carbocycles. The van der Waals surface area contributed by atoms with Crippen molar-refractivity contribution in [3.63, 3.8) is 0 Å². The molecule has 33 heavy (non-hydrogen) atoms. The van der Waals surface area contributed by atoms with Crippen molar-refractivity contribution in [2.24, 2.45) is 0 Å². The minimum absolute atomic E-state index is 0.109. The maximum absolute atomic E-state index is 13.4. The molecule has 7 heteroatoms. The van der Waals surface area contributed by atoms with Crippen LogP contribution in [0.15, 0.2) is 75.9 Å². The average molecular weight is 482 g/mol. The van der Waals surface area contributed by atoms with Crippen LogP contribution in [0.4, 0.5) is 5.69 Å². The highest BCUT2D eigenvalue weighted by molar-refractivity contribution is 6.33. The quantitative estimate of drug-likeness (QED) is 0.331. The van der Waals surface area contributed by atoms with Crippen LogP contribution in [0.2, 0.25) is 10.0 Å². The molecule has 0 aliphatic heterocycles. The van der Waals surface area contributed by atoms with Crippen LogP contribution in [0.1, 0.15) is 19.4 Å². The topological polar surface area (TPSA) is 68.5 Å². The van der Waals surface area contributed by atoms with Crippen molar-refractivity contribution in [3.05, 3.63) is 92.6 Å². The van der Waals surface area contributed by atoms with Gasteiger partial charge in [0.1, 0.15) is 5.58 Å². The van der Waals surface area contributed by atoms with Crippen molar-refractivity contribution in [2.45, 2.75) is 26.4 Å². The van der Waals surface area contributed by atoms with Gasteiger partial charge in [-0.15, -0.1) is 0 Å². The van der Waals surface area contributed by atoms with Crippen molar-refractivity contribution in [1.82, 2.24) is 0 Å². The first-order chi connectivity index (χ1) is 15.9. The minimum atomic E-state index is -0.989. The smallest absolute Gasteiger partial charge is 0.265 e. The summed E-state index contributed by atoms with van der Waals surface area (Å²) in [6.07, 6.45) is -0.0861. The molecule has 1 aromatic heterocycles. The third-order valence-electron chi connectivity index (χ3n) is 5.22. The Morgan fingerprint density at radius 2 is 1.79 bits per heavy atom. The average Bonchev–Trinajstić information content (AvgIpc) is 2.82. The molecular weight excluding hydrogens is 461 g/mol. The lowest BCUT2D eigenvalue weighted by Crippen LogP contribution is -2.31. The molecule has 0 saturated heterocycles. The van der Waals surface area contributed by atoms with Crippen LogP contribution < -0.4 is 15.5 Å². The lowest BCUT2D eigenvalue weighted by Gasteiger charge is -2.17. The second kappa shape index (κ2) is 9.69. The summed E-state index contributed by atoms with van der Waals surface area (Å²) in [4.78, 5) is 26.2. The summed E-state index contributed by atoms with van der Waals surface area (Å²) in [6, 6.07) is 19.2. The zero-order chi connectivity index (χ0) is 23.5. The Labute approximate surface area is 200 Å². The monoisotopic (exact) mass is 481 g/mol. The van der Waals surface area contributed by atoms with E-state index in [2.05, 4.69) is 12.2 Å². The van der Waals surface area contributed by atoms with Gasteiger partial charge in [0, 0.05) is 16.3 Å². The number of hydrogen-bond donors (Lipinski definition) is 1. The van der Waals surface area contributed by atoms with Crippen LogP contribution in [0.5, 0.6) is 5.75 Å². The molecule has 4 aromatic rings. The maximum atomic E-state index is 13.4. The van der Waals surface area contributed by atoms with Gasteiger partial charge >= 0.3 is 0 Å². The van der Waals surface area contributed by atoms with E-state index < -0.39 is 17.4 Å². The number of fused-ring (bicyclic) bond motifs is 1. The molecular formula is C26H21Cl2NO4. The zero-order valence-electron chi connectivity index (χ0n) is 18.0. The van der Waals surface area contributed by atoms with E-state index >= 15 is 0 Å². The fourth-order valence-corrected chi connectivity index (χ4v) is 3.77. The van der Waals surface area contributed by atoms with Gasteiger partial charge in [0.05, 0.1) is 10.4 Å². The van der Waals surface area contributed by atoms with Gasteiger partial charge in [0.2, 0.25) is 11.2 Å². The zero-order valence-corrected chi connectivity index (χ0v) is 19.5. The Morgan fingerprint density at radius 3 is 2.48 bits per heavy atom. The van der Waals surface area contributed by atoms with Gasteiger partial charge < -0.3 is 14.5 Å². The van der Waals surface area contributed by atoms with Crippen LogP contribution in [-0.2, 0) is 11.2 Å². The molecule has 0 radical (unpaired) electrons. The molecule has 0 aliphatic rings. The number of ether oxygens (including phenoxy) is 1. The van der Waals surface area contributed by atoms with Crippen LogP contribution in [0.3, 0.4) is 0 Å². The predicted octanol–water partition coefficient (Wildman–Crippen LogP) is 6.74. The summed E-state index contributed by atoms with van der Waals surface area (Å²) < 4.78 is 11.9. The summed E-state index contributed by atoms with van der Waals surface area (Å²) >= 11 is 12.5. The van der Waals surface area contributed by atoms with E-state index in [1.807, 2.05) is 24.3 Å². The SMILES string of the molecule is CCc1ccc(NC(=O)[C@H](C)Oc2c(-c3ccccc3Cl)oc3ccc(Cl)cc3c2=O)cc1. The Morgan fingerprint density at radius 1 is 1.06 bits per heavy atom. The number of aryl methyl sites for hydroxylation is 1. The Balaban J connectivity index is 1.72. The van der Waals surface area contributed by atoms with E-state index in [1.165, 1.54) is 6.07 Å². The number of carbonyl (C=O) groups is 1. The molecule has 0 spiro atoms. The number of benzene rings is 3. The normalized spacial score (nSPS) is 11.9. The first kappa shape index (κ1) is 22.9. The second-order valence-electron chi connectivity index (χ2n) is 7.51. The lowest BCUT2D eigenvalue weighted by molar-refractivity contribution is -0.122. The van der Waals surface area contributed by atoms with E-state index in [0.29, 0.717) is 26.9 Å². The van der Waals surface area contributed by atoms with Crippen LogP contribution in [-0.4, -0.2) is 12.0 Å². The van der Waals surface area contributed by atoms with Gasteiger partial charge in [-0.3, -0.25) is 9.59 Å². The number of nitrogens with one attached hydrogen (secondary N) is 1. The number of carbonyl (C=O) groups excluding carboxylic acids is 1. The second-order valence-corrected chi connectivity index (χ2v) is 8.35. The fourth-order valence-electron chi connectivity index (χ4n) is 3.38. The molecule has 0 unspecified atom stereocenters. The standard InChI is InChI=1S/C26H21Cl2NO4/c1-3-16-8-11-18(12-9-16)29-26(31)15(2)32-25-23(30)20-14-17(27)10-13-22(20)33-24(25)19-6-4-5-7-21(19)28/h4-15H,3H2,1-2H3,(H,29,31)/t15-/m0/s1. The van der Waals surface area contributed by atoms with E-state index in [1.54, 1.807) is 43.3 Å². The number of rotatable bonds is 6. The molecule has 0 bridgehead atoms. The van der Waals surface area contributed by atoms with E-state index in [-0.39, 0.29) is 16.9 Å². The first-order valence-corrected chi connectivity index (χ1v) is 11.2. The molecule has 168 valence electrons. The van der Waals surface area contributed by atoms with Gasteiger partial charge in [-0.25, -0.2) is 0 Å². The van der Waals surface area contributed by atoms with Crippen LogP contribution in [0.25, 0.3) is 22.3 Å². The van der Waals surface area contributed by atoms with Gasteiger partial charge in [0.25, 0.3) is 5.91 Å².